The van der Waals surface area contributed by atoms with Crippen molar-refractivity contribution in [2.24, 2.45) is 4.99 Å². The molecule has 1 aromatic carbocycles. The van der Waals surface area contributed by atoms with Gasteiger partial charge in [0.2, 0.25) is 5.96 Å². The molecular formula is C12H16N4. The zero-order valence-electron chi connectivity index (χ0n) is 9.40. The van der Waals surface area contributed by atoms with Gasteiger partial charge in [-0.1, -0.05) is 37.3 Å². The molecule has 0 amide bonds. The summed E-state index contributed by atoms with van der Waals surface area (Å²) in [5.74, 6) is 0.535. The molecule has 0 bridgehead atoms. The Hall–Kier alpha value is -2.02. The van der Waals surface area contributed by atoms with Gasteiger partial charge in [-0.25, -0.2) is 4.99 Å². The first-order chi connectivity index (χ1) is 7.86. The SMILES string of the molecule is CCCNC(=NCc1ccccc1)NC#N. The number of aliphatic imine (C=N–C) groups is 1. The van der Waals surface area contributed by atoms with Crippen LogP contribution in [0.5, 0.6) is 0 Å². The van der Waals surface area contributed by atoms with E-state index in [1.807, 2.05) is 36.5 Å². The van der Waals surface area contributed by atoms with Gasteiger partial charge in [0, 0.05) is 6.54 Å². The fraction of sp³-hybridized carbons (Fsp3) is 0.333. The van der Waals surface area contributed by atoms with Gasteiger partial charge in [0.05, 0.1) is 6.54 Å². The Morgan fingerprint density at radius 3 is 2.75 bits per heavy atom. The average Bonchev–Trinajstić information content (AvgIpc) is 2.34. The van der Waals surface area contributed by atoms with E-state index in [0.717, 1.165) is 18.5 Å². The maximum atomic E-state index is 8.55. The second kappa shape index (κ2) is 7.30. The summed E-state index contributed by atoms with van der Waals surface area (Å²) < 4.78 is 0. The van der Waals surface area contributed by atoms with Gasteiger partial charge in [-0.2, -0.15) is 5.26 Å². The predicted molar refractivity (Wildman–Crippen MR) is 64.6 cm³/mol. The number of nitriles is 1. The molecule has 4 nitrogen and oxygen atoms in total. The molecule has 0 spiro atoms. The molecule has 1 rings (SSSR count). The largest absolute Gasteiger partial charge is 0.356 e. The number of hydrogen-bond acceptors (Lipinski definition) is 2. The predicted octanol–water partition coefficient (Wildman–Crippen LogP) is 1.61. The Labute approximate surface area is 96.0 Å². The first kappa shape index (κ1) is 12.1. The highest BCUT2D eigenvalue weighted by Crippen LogP contribution is 1.99. The summed E-state index contributed by atoms with van der Waals surface area (Å²) in [6.45, 7) is 3.44. The van der Waals surface area contributed by atoms with E-state index in [1.54, 1.807) is 0 Å². The molecule has 4 heteroatoms. The third-order valence-corrected chi connectivity index (χ3v) is 1.98. The summed E-state index contributed by atoms with van der Waals surface area (Å²) in [4.78, 5) is 4.29. The Kier molecular flexibility index (Phi) is 5.49. The van der Waals surface area contributed by atoms with E-state index in [9.17, 15) is 0 Å². The van der Waals surface area contributed by atoms with Crippen molar-refractivity contribution in [3.8, 4) is 6.19 Å². The van der Waals surface area contributed by atoms with E-state index in [-0.39, 0.29) is 0 Å². The van der Waals surface area contributed by atoms with Crippen LogP contribution in [0.4, 0.5) is 0 Å². The van der Waals surface area contributed by atoms with Crippen molar-refractivity contribution >= 4 is 5.96 Å². The standard InChI is InChI=1S/C12H16N4/c1-2-8-14-12(16-10-13)15-9-11-6-4-3-5-7-11/h3-7H,2,8-9H2,1H3,(H2,14,15,16). The summed E-state index contributed by atoms with van der Waals surface area (Å²) in [7, 11) is 0. The summed E-state index contributed by atoms with van der Waals surface area (Å²) in [5, 5.41) is 14.1. The van der Waals surface area contributed by atoms with Crippen molar-refractivity contribution in [3.05, 3.63) is 35.9 Å². The number of nitrogens with one attached hydrogen (secondary N) is 2. The lowest BCUT2D eigenvalue weighted by Gasteiger charge is -2.06. The average molecular weight is 216 g/mol. The van der Waals surface area contributed by atoms with Crippen molar-refractivity contribution in [3.63, 3.8) is 0 Å². The van der Waals surface area contributed by atoms with Crippen molar-refractivity contribution < 1.29 is 0 Å². The Morgan fingerprint density at radius 1 is 1.38 bits per heavy atom. The van der Waals surface area contributed by atoms with Crippen LogP contribution in [0.1, 0.15) is 18.9 Å². The van der Waals surface area contributed by atoms with Crippen LogP contribution in [0.2, 0.25) is 0 Å². The minimum Gasteiger partial charge on any atom is -0.356 e. The lowest BCUT2D eigenvalue weighted by atomic mass is 10.2. The first-order valence-electron chi connectivity index (χ1n) is 5.34. The van der Waals surface area contributed by atoms with Crippen LogP contribution in [-0.2, 0) is 6.54 Å². The molecule has 0 heterocycles. The van der Waals surface area contributed by atoms with Gasteiger partial charge >= 0.3 is 0 Å². The number of benzene rings is 1. The fourth-order valence-corrected chi connectivity index (χ4v) is 1.19. The van der Waals surface area contributed by atoms with Gasteiger partial charge in [-0.15, -0.1) is 0 Å². The highest BCUT2D eigenvalue weighted by Gasteiger charge is 1.95. The maximum Gasteiger partial charge on any atom is 0.205 e. The highest BCUT2D eigenvalue weighted by molar-refractivity contribution is 5.81. The summed E-state index contributed by atoms with van der Waals surface area (Å²) in [6, 6.07) is 9.93. The van der Waals surface area contributed by atoms with Gasteiger partial charge in [-0.05, 0) is 12.0 Å². The molecule has 0 radical (unpaired) electrons. The van der Waals surface area contributed by atoms with Crippen molar-refractivity contribution in [1.82, 2.24) is 10.6 Å². The van der Waals surface area contributed by atoms with E-state index in [0.29, 0.717) is 12.5 Å². The number of rotatable bonds is 4. The quantitative estimate of drug-likeness (QED) is 0.348. The van der Waals surface area contributed by atoms with E-state index >= 15 is 0 Å². The molecule has 2 N–H and O–H groups in total. The molecule has 0 saturated carbocycles. The normalized spacial score (nSPS) is 10.6. The van der Waals surface area contributed by atoms with Crippen LogP contribution in [0, 0.1) is 11.5 Å². The highest BCUT2D eigenvalue weighted by atomic mass is 15.2. The van der Waals surface area contributed by atoms with Crippen molar-refractivity contribution in [2.45, 2.75) is 19.9 Å². The van der Waals surface area contributed by atoms with Crippen LogP contribution in [0.25, 0.3) is 0 Å². The maximum absolute atomic E-state index is 8.55. The lowest BCUT2D eigenvalue weighted by molar-refractivity contribution is 0.813. The monoisotopic (exact) mass is 216 g/mol. The molecule has 0 saturated heterocycles. The van der Waals surface area contributed by atoms with Gasteiger partial charge in [0.1, 0.15) is 0 Å². The zero-order valence-corrected chi connectivity index (χ0v) is 9.40. The van der Waals surface area contributed by atoms with E-state index in [1.165, 1.54) is 0 Å². The third-order valence-electron chi connectivity index (χ3n) is 1.98. The second-order valence-electron chi connectivity index (χ2n) is 3.31. The molecule has 0 atom stereocenters. The molecule has 0 aliphatic rings. The summed E-state index contributed by atoms with van der Waals surface area (Å²) in [5.41, 5.74) is 1.12. The molecule has 0 aromatic heterocycles. The summed E-state index contributed by atoms with van der Waals surface area (Å²) >= 11 is 0. The molecule has 0 unspecified atom stereocenters. The van der Waals surface area contributed by atoms with Gasteiger partial charge in [0.15, 0.2) is 6.19 Å². The third kappa shape index (κ3) is 4.47. The minimum absolute atomic E-state index is 0.535. The number of nitrogens with zero attached hydrogens (tertiary/aromatic N) is 2. The molecule has 1 aromatic rings. The van der Waals surface area contributed by atoms with E-state index in [4.69, 9.17) is 5.26 Å². The Balaban J connectivity index is 2.54. The fourth-order valence-electron chi connectivity index (χ4n) is 1.19. The molecule has 16 heavy (non-hydrogen) atoms. The molecular weight excluding hydrogens is 200 g/mol. The number of hydrogen-bond donors (Lipinski definition) is 2. The van der Waals surface area contributed by atoms with Crippen molar-refractivity contribution in [2.75, 3.05) is 6.54 Å². The zero-order chi connectivity index (χ0) is 11.6. The van der Waals surface area contributed by atoms with Crippen molar-refractivity contribution in [1.29, 1.82) is 5.26 Å². The van der Waals surface area contributed by atoms with Crippen LogP contribution in [0.15, 0.2) is 35.3 Å². The van der Waals surface area contributed by atoms with Gasteiger partial charge < -0.3 is 5.32 Å². The van der Waals surface area contributed by atoms with Crippen LogP contribution >= 0.6 is 0 Å². The van der Waals surface area contributed by atoms with Crippen LogP contribution in [0.3, 0.4) is 0 Å². The lowest BCUT2D eigenvalue weighted by Crippen LogP contribution is -2.34. The molecule has 0 aliphatic carbocycles. The van der Waals surface area contributed by atoms with Crippen LogP contribution < -0.4 is 10.6 Å². The van der Waals surface area contributed by atoms with E-state index in [2.05, 4.69) is 22.5 Å². The minimum atomic E-state index is 0.535. The first-order valence-corrected chi connectivity index (χ1v) is 5.34. The molecule has 84 valence electrons. The van der Waals surface area contributed by atoms with Gasteiger partial charge in [0.25, 0.3) is 0 Å². The Bertz CT molecular complexity index is 364. The summed E-state index contributed by atoms with van der Waals surface area (Å²) in [6.07, 6.45) is 2.87. The smallest absolute Gasteiger partial charge is 0.205 e. The second-order valence-corrected chi connectivity index (χ2v) is 3.31. The topological polar surface area (TPSA) is 60.2 Å². The molecule has 0 fully saturated rings. The van der Waals surface area contributed by atoms with Gasteiger partial charge in [-0.3, -0.25) is 5.32 Å². The number of guanidine groups is 1. The van der Waals surface area contributed by atoms with E-state index < -0.39 is 0 Å². The molecule has 0 aliphatic heterocycles. The van der Waals surface area contributed by atoms with Crippen LogP contribution in [-0.4, -0.2) is 12.5 Å². The Morgan fingerprint density at radius 2 is 2.12 bits per heavy atom.